The third-order valence-corrected chi connectivity index (χ3v) is 4.34. The van der Waals surface area contributed by atoms with Crippen LogP contribution < -0.4 is 10.2 Å². The molecule has 118 valence electrons. The molecule has 2 N–H and O–H groups in total. The van der Waals surface area contributed by atoms with Crippen LogP contribution in [0.2, 0.25) is 0 Å². The van der Waals surface area contributed by atoms with Gasteiger partial charge < -0.3 is 24.8 Å². The summed E-state index contributed by atoms with van der Waals surface area (Å²) >= 11 is 3.63. The van der Waals surface area contributed by atoms with E-state index in [4.69, 9.17) is 9.47 Å². The summed E-state index contributed by atoms with van der Waals surface area (Å²) in [6.45, 7) is 4.54. The maximum absolute atomic E-state index is 9.46. The van der Waals surface area contributed by atoms with Gasteiger partial charge in [-0.3, -0.25) is 0 Å². The number of rotatable bonds is 7. The fraction of sp³-hybridized carbons (Fsp3) is 0.600. The number of benzene rings is 1. The van der Waals surface area contributed by atoms with Crippen molar-refractivity contribution < 1.29 is 14.6 Å². The number of hydrogen-bond donors (Lipinski definition) is 2. The SMILES string of the molecule is COCCNCc1ccc(N2CCOCC2CO)cc1Br. The van der Waals surface area contributed by atoms with Gasteiger partial charge in [0.1, 0.15) is 0 Å². The number of hydrogen-bond acceptors (Lipinski definition) is 5. The van der Waals surface area contributed by atoms with Gasteiger partial charge in [0, 0.05) is 36.9 Å². The number of halogens is 1. The van der Waals surface area contributed by atoms with E-state index in [-0.39, 0.29) is 12.6 Å². The van der Waals surface area contributed by atoms with Crippen LogP contribution in [0.3, 0.4) is 0 Å². The predicted octanol–water partition coefficient (Wildman–Crippen LogP) is 1.38. The fourth-order valence-electron chi connectivity index (χ4n) is 2.40. The fourth-order valence-corrected chi connectivity index (χ4v) is 2.91. The molecule has 6 heteroatoms. The van der Waals surface area contributed by atoms with E-state index >= 15 is 0 Å². The molecule has 1 atom stereocenters. The van der Waals surface area contributed by atoms with Crippen LogP contribution in [0.5, 0.6) is 0 Å². The number of ether oxygens (including phenoxy) is 2. The highest BCUT2D eigenvalue weighted by atomic mass is 79.9. The summed E-state index contributed by atoms with van der Waals surface area (Å²) in [4.78, 5) is 2.20. The van der Waals surface area contributed by atoms with Crippen molar-refractivity contribution in [2.75, 3.05) is 51.5 Å². The summed E-state index contributed by atoms with van der Waals surface area (Å²) in [6, 6.07) is 6.37. The lowest BCUT2D eigenvalue weighted by Crippen LogP contribution is -2.47. The summed E-state index contributed by atoms with van der Waals surface area (Å²) < 4.78 is 11.5. The Labute approximate surface area is 134 Å². The van der Waals surface area contributed by atoms with Crippen LogP contribution >= 0.6 is 15.9 Å². The summed E-state index contributed by atoms with van der Waals surface area (Å²) in [7, 11) is 1.70. The summed E-state index contributed by atoms with van der Waals surface area (Å²) in [5.74, 6) is 0. The second-order valence-electron chi connectivity index (χ2n) is 5.05. The van der Waals surface area contributed by atoms with E-state index in [2.05, 4.69) is 44.3 Å². The minimum Gasteiger partial charge on any atom is -0.394 e. The van der Waals surface area contributed by atoms with Crippen LogP contribution in [0.1, 0.15) is 5.56 Å². The standard InChI is InChI=1S/C15H23BrN2O3/c1-20-6-4-17-9-12-2-3-13(8-15(12)16)18-5-7-21-11-14(18)10-19/h2-3,8,14,17,19H,4-7,9-11H2,1H3. The first-order valence-electron chi connectivity index (χ1n) is 7.19. The van der Waals surface area contributed by atoms with E-state index in [9.17, 15) is 5.11 Å². The minimum absolute atomic E-state index is 0.0383. The Balaban J connectivity index is 2.00. The van der Waals surface area contributed by atoms with Crippen molar-refractivity contribution in [3.63, 3.8) is 0 Å². The second kappa shape index (κ2) is 8.70. The first-order valence-corrected chi connectivity index (χ1v) is 7.99. The molecule has 0 aromatic heterocycles. The number of aliphatic hydroxyl groups is 1. The Morgan fingerprint density at radius 3 is 3.10 bits per heavy atom. The summed E-state index contributed by atoms with van der Waals surface area (Å²) in [6.07, 6.45) is 0. The molecule has 21 heavy (non-hydrogen) atoms. The number of aliphatic hydroxyl groups excluding tert-OH is 1. The molecule has 1 heterocycles. The monoisotopic (exact) mass is 358 g/mol. The van der Waals surface area contributed by atoms with Crippen LogP contribution in [0.25, 0.3) is 0 Å². The molecule has 5 nitrogen and oxygen atoms in total. The molecular weight excluding hydrogens is 336 g/mol. The smallest absolute Gasteiger partial charge is 0.0755 e. The van der Waals surface area contributed by atoms with Gasteiger partial charge in [0.15, 0.2) is 0 Å². The van der Waals surface area contributed by atoms with Crippen LogP contribution in [0, 0.1) is 0 Å². The molecule has 1 aromatic rings. The number of methoxy groups -OCH3 is 1. The molecule has 0 spiro atoms. The van der Waals surface area contributed by atoms with Gasteiger partial charge in [-0.05, 0) is 17.7 Å². The minimum atomic E-state index is 0.0383. The van der Waals surface area contributed by atoms with Gasteiger partial charge in [-0.25, -0.2) is 0 Å². The molecule has 0 bridgehead atoms. The Morgan fingerprint density at radius 1 is 1.52 bits per heavy atom. The molecule has 1 unspecified atom stereocenters. The zero-order chi connectivity index (χ0) is 15.1. The largest absolute Gasteiger partial charge is 0.394 e. The quantitative estimate of drug-likeness (QED) is 0.721. The predicted molar refractivity (Wildman–Crippen MR) is 86.8 cm³/mol. The lowest BCUT2D eigenvalue weighted by molar-refractivity contribution is 0.0727. The van der Waals surface area contributed by atoms with E-state index in [1.807, 2.05) is 0 Å². The summed E-state index contributed by atoms with van der Waals surface area (Å²) in [5.41, 5.74) is 2.33. The Hall–Kier alpha value is -0.660. The molecule has 1 saturated heterocycles. The molecule has 1 aliphatic rings. The van der Waals surface area contributed by atoms with Crippen molar-refractivity contribution in [3.05, 3.63) is 28.2 Å². The van der Waals surface area contributed by atoms with Crippen LogP contribution in [-0.4, -0.2) is 57.8 Å². The van der Waals surface area contributed by atoms with Crippen molar-refractivity contribution in [3.8, 4) is 0 Å². The lowest BCUT2D eigenvalue weighted by Gasteiger charge is -2.36. The number of nitrogens with zero attached hydrogens (tertiary/aromatic N) is 1. The third-order valence-electron chi connectivity index (χ3n) is 3.60. The Bertz CT molecular complexity index is 445. The lowest BCUT2D eigenvalue weighted by atomic mass is 10.1. The van der Waals surface area contributed by atoms with Crippen LogP contribution in [0.4, 0.5) is 5.69 Å². The third kappa shape index (κ3) is 4.66. The first-order chi connectivity index (χ1) is 10.3. The van der Waals surface area contributed by atoms with Gasteiger partial charge in [-0.1, -0.05) is 22.0 Å². The topological polar surface area (TPSA) is 54.0 Å². The molecule has 0 radical (unpaired) electrons. The molecule has 0 aliphatic carbocycles. The number of nitrogens with one attached hydrogen (secondary N) is 1. The van der Waals surface area contributed by atoms with E-state index in [0.717, 1.165) is 29.8 Å². The molecule has 2 rings (SSSR count). The van der Waals surface area contributed by atoms with E-state index < -0.39 is 0 Å². The molecule has 0 amide bonds. The molecule has 1 fully saturated rings. The van der Waals surface area contributed by atoms with E-state index in [1.165, 1.54) is 5.56 Å². The maximum atomic E-state index is 9.46. The normalized spacial score (nSPS) is 19.0. The summed E-state index contributed by atoms with van der Waals surface area (Å²) in [5, 5.41) is 12.8. The van der Waals surface area contributed by atoms with Gasteiger partial charge >= 0.3 is 0 Å². The van der Waals surface area contributed by atoms with Crippen molar-refractivity contribution in [2.24, 2.45) is 0 Å². The van der Waals surface area contributed by atoms with E-state index in [1.54, 1.807) is 7.11 Å². The zero-order valence-electron chi connectivity index (χ0n) is 12.3. The highest BCUT2D eigenvalue weighted by Gasteiger charge is 2.22. The molecule has 1 aromatic carbocycles. The van der Waals surface area contributed by atoms with Gasteiger partial charge in [0.2, 0.25) is 0 Å². The van der Waals surface area contributed by atoms with Crippen LogP contribution in [0.15, 0.2) is 22.7 Å². The van der Waals surface area contributed by atoms with Gasteiger partial charge in [-0.2, -0.15) is 0 Å². The van der Waals surface area contributed by atoms with Crippen LogP contribution in [-0.2, 0) is 16.0 Å². The number of anilines is 1. The van der Waals surface area contributed by atoms with Crippen molar-refractivity contribution >= 4 is 21.6 Å². The average Bonchev–Trinajstić information content (AvgIpc) is 2.52. The highest BCUT2D eigenvalue weighted by molar-refractivity contribution is 9.10. The molecular formula is C15H23BrN2O3. The van der Waals surface area contributed by atoms with Gasteiger partial charge in [0.05, 0.1) is 32.5 Å². The first kappa shape index (κ1) is 16.7. The maximum Gasteiger partial charge on any atom is 0.0755 e. The zero-order valence-corrected chi connectivity index (χ0v) is 13.9. The van der Waals surface area contributed by atoms with Gasteiger partial charge in [0.25, 0.3) is 0 Å². The van der Waals surface area contributed by atoms with Crippen molar-refractivity contribution in [2.45, 2.75) is 12.6 Å². The molecule has 0 saturated carbocycles. The Morgan fingerprint density at radius 2 is 2.38 bits per heavy atom. The van der Waals surface area contributed by atoms with Crippen molar-refractivity contribution in [1.82, 2.24) is 5.32 Å². The van der Waals surface area contributed by atoms with Crippen molar-refractivity contribution in [1.29, 1.82) is 0 Å². The van der Waals surface area contributed by atoms with E-state index in [0.29, 0.717) is 19.8 Å². The second-order valence-corrected chi connectivity index (χ2v) is 5.90. The highest BCUT2D eigenvalue weighted by Crippen LogP contribution is 2.26. The average molecular weight is 359 g/mol. The molecule has 1 aliphatic heterocycles. The number of morpholine rings is 1. The Kier molecular flexibility index (Phi) is 6.92. The van der Waals surface area contributed by atoms with Gasteiger partial charge in [-0.15, -0.1) is 0 Å².